The van der Waals surface area contributed by atoms with Crippen LogP contribution in [-0.4, -0.2) is 10.8 Å². The first-order valence-corrected chi connectivity index (χ1v) is 6.71. The molecule has 98 valence electrons. The standard InChI is InChI=1S/C16H16ClNO/c1-3-12-7-8-13(18-10-12)9-16(19)14-5-4-6-15(17)11(14)2/h4-8,10H,3,9H2,1-2H3. The molecule has 0 saturated heterocycles. The largest absolute Gasteiger partial charge is 0.294 e. The molecule has 19 heavy (non-hydrogen) atoms. The van der Waals surface area contributed by atoms with E-state index in [-0.39, 0.29) is 5.78 Å². The quantitative estimate of drug-likeness (QED) is 0.787. The highest BCUT2D eigenvalue weighted by Gasteiger charge is 2.12. The van der Waals surface area contributed by atoms with Gasteiger partial charge in [-0.1, -0.05) is 36.7 Å². The zero-order valence-electron chi connectivity index (χ0n) is 11.1. The average molecular weight is 274 g/mol. The third-order valence-electron chi connectivity index (χ3n) is 3.20. The molecule has 0 aliphatic heterocycles. The Morgan fingerprint density at radius 1 is 1.26 bits per heavy atom. The van der Waals surface area contributed by atoms with Gasteiger partial charge < -0.3 is 0 Å². The van der Waals surface area contributed by atoms with Crippen molar-refractivity contribution in [3.8, 4) is 0 Å². The monoisotopic (exact) mass is 273 g/mol. The Hall–Kier alpha value is -1.67. The first kappa shape index (κ1) is 13.8. The van der Waals surface area contributed by atoms with Crippen molar-refractivity contribution in [1.82, 2.24) is 4.98 Å². The number of hydrogen-bond donors (Lipinski definition) is 0. The first-order valence-electron chi connectivity index (χ1n) is 6.34. The lowest BCUT2D eigenvalue weighted by Crippen LogP contribution is -2.07. The van der Waals surface area contributed by atoms with Gasteiger partial charge in [-0.3, -0.25) is 9.78 Å². The second-order valence-corrected chi connectivity index (χ2v) is 4.93. The van der Waals surface area contributed by atoms with Crippen LogP contribution in [0.5, 0.6) is 0 Å². The van der Waals surface area contributed by atoms with Gasteiger partial charge in [0, 0.05) is 22.5 Å². The molecule has 0 aliphatic rings. The van der Waals surface area contributed by atoms with Gasteiger partial charge >= 0.3 is 0 Å². The maximum atomic E-state index is 12.2. The van der Waals surface area contributed by atoms with Gasteiger partial charge in [0.2, 0.25) is 0 Å². The summed E-state index contributed by atoms with van der Waals surface area (Å²) in [6, 6.07) is 9.33. The third-order valence-corrected chi connectivity index (χ3v) is 3.61. The van der Waals surface area contributed by atoms with Crippen LogP contribution in [0.2, 0.25) is 5.02 Å². The Kier molecular flexibility index (Phi) is 4.33. The molecule has 2 rings (SSSR count). The number of hydrogen-bond acceptors (Lipinski definition) is 2. The minimum absolute atomic E-state index is 0.0525. The molecule has 0 atom stereocenters. The second kappa shape index (κ2) is 5.98. The first-order chi connectivity index (χ1) is 9.11. The lowest BCUT2D eigenvalue weighted by Gasteiger charge is -2.06. The van der Waals surface area contributed by atoms with E-state index in [4.69, 9.17) is 11.6 Å². The van der Waals surface area contributed by atoms with Crippen molar-refractivity contribution in [1.29, 1.82) is 0 Å². The summed E-state index contributed by atoms with van der Waals surface area (Å²) in [5.41, 5.74) is 3.48. The molecular weight excluding hydrogens is 258 g/mol. The van der Waals surface area contributed by atoms with E-state index < -0.39 is 0 Å². The molecule has 0 saturated carbocycles. The Balaban J connectivity index is 2.18. The predicted octanol–water partition coefficient (Wildman–Crippen LogP) is 4.03. The van der Waals surface area contributed by atoms with Gasteiger partial charge in [-0.15, -0.1) is 0 Å². The highest BCUT2D eigenvalue weighted by molar-refractivity contribution is 6.31. The molecule has 1 aromatic heterocycles. The molecule has 0 aliphatic carbocycles. The lowest BCUT2D eigenvalue weighted by atomic mass is 10.0. The van der Waals surface area contributed by atoms with Crippen molar-refractivity contribution in [3.63, 3.8) is 0 Å². The maximum Gasteiger partial charge on any atom is 0.169 e. The van der Waals surface area contributed by atoms with E-state index >= 15 is 0 Å². The number of halogens is 1. The Morgan fingerprint density at radius 2 is 2.05 bits per heavy atom. The summed E-state index contributed by atoms with van der Waals surface area (Å²) in [6.45, 7) is 3.94. The van der Waals surface area contributed by atoms with Crippen LogP contribution in [0.15, 0.2) is 36.5 Å². The molecule has 2 aromatic rings. The fraction of sp³-hybridized carbons (Fsp3) is 0.250. The minimum atomic E-state index is 0.0525. The number of carbonyl (C=O) groups is 1. The van der Waals surface area contributed by atoms with E-state index in [0.717, 1.165) is 17.7 Å². The van der Waals surface area contributed by atoms with E-state index in [1.165, 1.54) is 5.56 Å². The van der Waals surface area contributed by atoms with Crippen molar-refractivity contribution in [2.45, 2.75) is 26.7 Å². The van der Waals surface area contributed by atoms with E-state index in [2.05, 4.69) is 11.9 Å². The number of benzene rings is 1. The van der Waals surface area contributed by atoms with Gasteiger partial charge in [-0.05, 0) is 36.6 Å². The summed E-state index contributed by atoms with van der Waals surface area (Å²) < 4.78 is 0. The van der Waals surface area contributed by atoms with Crippen LogP contribution >= 0.6 is 11.6 Å². The zero-order valence-corrected chi connectivity index (χ0v) is 11.9. The summed E-state index contributed by atoms with van der Waals surface area (Å²) in [4.78, 5) is 16.6. The van der Waals surface area contributed by atoms with Gasteiger partial charge in [-0.2, -0.15) is 0 Å². The summed E-state index contributed by atoms with van der Waals surface area (Å²) in [6.07, 6.45) is 3.09. The number of aryl methyl sites for hydroxylation is 1. The molecule has 0 amide bonds. The zero-order chi connectivity index (χ0) is 13.8. The highest BCUT2D eigenvalue weighted by Crippen LogP contribution is 2.20. The Labute approximate surface area is 118 Å². The van der Waals surface area contributed by atoms with Crippen molar-refractivity contribution < 1.29 is 4.79 Å². The smallest absolute Gasteiger partial charge is 0.169 e. The fourth-order valence-electron chi connectivity index (χ4n) is 1.94. The normalized spacial score (nSPS) is 10.5. The van der Waals surface area contributed by atoms with Crippen LogP contribution in [0, 0.1) is 6.92 Å². The second-order valence-electron chi connectivity index (χ2n) is 4.52. The minimum Gasteiger partial charge on any atom is -0.294 e. The fourth-order valence-corrected chi connectivity index (χ4v) is 2.11. The van der Waals surface area contributed by atoms with Gasteiger partial charge in [0.25, 0.3) is 0 Å². The number of rotatable bonds is 4. The van der Waals surface area contributed by atoms with Gasteiger partial charge in [0.05, 0.1) is 6.42 Å². The van der Waals surface area contributed by atoms with Crippen molar-refractivity contribution in [3.05, 3.63) is 63.9 Å². The average Bonchev–Trinajstić information content (AvgIpc) is 2.42. The van der Waals surface area contributed by atoms with Gasteiger partial charge in [0.1, 0.15) is 0 Å². The van der Waals surface area contributed by atoms with Crippen LogP contribution in [-0.2, 0) is 12.8 Å². The van der Waals surface area contributed by atoms with E-state index in [1.807, 2.05) is 31.3 Å². The van der Waals surface area contributed by atoms with E-state index in [1.54, 1.807) is 12.1 Å². The lowest BCUT2D eigenvalue weighted by molar-refractivity contribution is 0.0991. The Morgan fingerprint density at radius 3 is 2.68 bits per heavy atom. The van der Waals surface area contributed by atoms with Crippen LogP contribution in [0.1, 0.15) is 34.1 Å². The number of ketones is 1. The summed E-state index contributed by atoms with van der Waals surface area (Å²) in [7, 11) is 0. The SMILES string of the molecule is CCc1ccc(CC(=O)c2cccc(Cl)c2C)nc1. The van der Waals surface area contributed by atoms with Crippen LogP contribution < -0.4 is 0 Å². The van der Waals surface area contributed by atoms with Crippen molar-refractivity contribution >= 4 is 17.4 Å². The molecule has 2 nitrogen and oxygen atoms in total. The Bertz CT molecular complexity index is 590. The molecule has 0 unspecified atom stereocenters. The predicted molar refractivity (Wildman–Crippen MR) is 77.8 cm³/mol. The van der Waals surface area contributed by atoms with E-state index in [0.29, 0.717) is 17.0 Å². The molecule has 0 radical (unpaired) electrons. The molecule has 0 bridgehead atoms. The third kappa shape index (κ3) is 3.21. The number of Topliss-reactive ketones (excluding diaryl/α,β-unsaturated/α-hetero) is 1. The summed E-state index contributed by atoms with van der Waals surface area (Å²) in [5, 5.41) is 0.625. The van der Waals surface area contributed by atoms with Gasteiger partial charge in [0.15, 0.2) is 5.78 Å². The molecule has 0 N–H and O–H groups in total. The number of pyridine rings is 1. The molecule has 0 spiro atoms. The number of aromatic nitrogens is 1. The molecular formula is C16H16ClNO. The number of nitrogens with zero attached hydrogens (tertiary/aromatic N) is 1. The topological polar surface area (TPSA) is 30.0 Å². The molecule has 1 heterocycles. The van der Waals surface area contributed by atoms with Crippen molar-refractivity contribution in [2.24, 2.45) is 0 Å². The van der Waals surface area contributed by atoms with Crippen LogP contribution in [0.4, 0.5) is 0 Å². The molecule has 0 fully saturated rings. The van der Waals surface area contributed by atoms with Crippen molar-refractivity contribution in [2.75, 3.05) is 0 Å². The van der Waals surface area contributed by atoms with E-state index in [9.17, 15) is 4.79 Å². The van der Waals surface area contributed by atoms with Crippen LogP contribution in [0.3, 0.4) is 0 Å². The molecule has 3 heteroatoms. The summed E-state index contributed by atoms with van der Waals surface area (Å²) >= 11 is 6.03. The van der Waals surface area contributed by atoms with Crippen LogP contribution in [0.25, 0.3) is 0 Å². The highest BCUT2D eigenvalue weighted by atomic mass is 35.5. The molecule has 1 aromatic carbocycles. The number of carbonyl (C=O) groups excluding carboxylic acids is 1. The van der Waals surface area contributed by atoms with Gasteiger partial charge in [-0.25, -0.2) is 0 Å². The summed E-state index contributed by atoms with van der Waals surface area (Å²) in [5.74, 6) is 0.0525. The maximum absolute atomic E-state index is 12.2.